The molecule has 0 saturated heterocycles. The predicted molar refractivity (Wildman–Crippen MR) is 114 cm³/mol. The number of hydrogen-bond donors (Lipinski definition) is 2. The van der Waals surface area contributed by atoms with Crippen LogP contribution >= 0.6 is 0 Å². The molecule has 0 spiro atoms. The number of nitrogens with one attached hydrogen (secondary N) is 2. The summed E-state index contributed by atoms with van der Waals surface area (Å²) in [5.74, 6) is 1.50. The second-order valence-electron chi connectivity index (χ2n) is 9.61. The molecule has 0 heterocycles. The van der Waals surface area contributed by atoms with E-state index < -0.39 is 11.9 Å². The largest absolute Gasteiger partial charge is 0.496 e. The molecule has 0 aromatic heterocycles. The Hall–Kier alpha value is -2.57. The molecule has 1 atom stereocenters. The highest BCUT2D eigenvalue weighted by atomic mass is 16.5. The molecule has 31 heavy (non-hydrogen) atoms. The fourth-order valence-corrected chi connectivity index (χ4v) is 6.42. The van der Waals surface area contributed by atoms with Crippen LogP contribution in [0, 0.1) is 23.2 Å². The van der Waals surface area contributed by atoms with Gasteiger partial charge < -0.3 is 20.1 Å². The van der Waals surface area contributed by atoms with E-state index in [9.17, 15) is 14.4 Å². The van der Waals surface area contributed by atoms with Crippen LogP contribution in [0.15, 0.2) is 24.3 Å². The number of esters is 1. The molecule has 168 valence electrons. The van der Waals surface area contributed by atoms with Gasteiger partial charge in [-0.1, -0.05) is 12.1 Å². The van der Waals surface area contributed by atoms with Gasteiger partial charge in [0.05, 0.1) is 12.7 Å². The maximum Gasteiger partial charge on any atom is 0.325 e. The highest BCUT2D eigenvalue weighted by molar-refractivity contribution is 5.98. The molecule has 4 saturated carbocycles. The van der Waals surface area contributed by atoms with E-state index in [4.69, 9.17) is 9.47 Å². The zero-order chi connectivity index (χ0) is 22.0. The summed E-state index contributed by atoms with van der Waals surface area (Å²) >= 11 is 0. The molecule has 1 aromatic rings. The Bertz CT molecular complexity index is 817. The van der Waals surface area contributed by atoms with Gasteiger partial charge in [0, 0.05) is 6.04 Å². The first kappa shape index (κ1) is 21.7. The third-order valence-electron chi connectivity index (χ3n) is 7.49. The fourth-order valence-electron chi connectivity index (χ4n) is 6.42. The summed E-state index contributed by atoms with van der Waals surface area (Å²) in [6.07, 6.45) is 7.69. The minimum atomic E-state index is -0.652. The summed E-state index contributed by atoms with van der Waals surface area (Å²) in [5, 5.41) is 5.58. The zero-order valence-corrected chi connectivity index (χ0v) is 18.3. The van der Waals surface area contributed by atoms with Crippen molar-refractivity contribution in [3.05, 3.63) is 29.8 Å². The van der Waals surface area contributed by atoms with Crippen LogP contribution in [-0.2, 0) is 14.3 Å². The Labute approximate surface area is 183 Å². The van der Waals surface area contributed by atoms with Crippen LogP contribution in [0.2, 0.25) is 0 Å². The van der Waals surface area contributed by atoms with Gasteiger partial charge >= 0.3 is 5.97 Å². The second-order valence-corrected chi connectivity index (χ2v) is 9.61. The summed E-state index contributed by atoms with van der Waals surface area (Å²) < 4.78 is 10.2. The smallest absolute Gasteiger partial charge is 0.325 e. The van der Waals surface area contributed by atoms with Gasteiger partial charge in [-0.15, -0.1) is 0 Å². The van der Waals surface area contributed by atoms with Crippen molar-refractivity contribution in [2.75, 3.05) is 20.3 Å². The average molecular weight is 429 g/mol. The molecule has 4 aliphatic carbocycles. The summed E-state index contributed by atoms with van der Waals surface area (Å²) in [7, 11) is 1.48. The Morgan fingerprint density at radius 2 is 1.68 bits per heavy atom. The van der Waals surface area contributed by atoms with E-state index in [2.05, 4.69) is 17.6 Å². The Kier molecular flexibility index (Phi) is 6.21. The molecular formula is C24H32N2O5. The van der Waals surface area contributed by atoms with Gasteiger partial charge in [-0.3, -0.25) is 14.4 Å². The van der Waals surface area contributed by atoms with Crippen molar-refractivity contribution in [3.8, 4) is 5.75 Å². The maximum atomic E-state index is 12.4. The summed E-state index contributed by atoms with van der Waals surface area (Å²) in [6.45, 7) is 1.45. The highest BCUT2D eigenvalue weighted by Crippen LogP contribution is 2.61. The summed E-state index contributed by atoms with van der Waals surface area (Å²) in [6, 6.07) is 6.83. The van der Waals surface area contributed by atoms with Gasteiger partial charge in [0.2, 0.25) is 0 Å². The molecule has 4 fully saturated rings. The lowest BCUT2D eigenvalue weighted by molar-refractivity contribution is -0.148. The highest BCUT2D eigenvalue weighted by Gasteiger charge is 2.53. The first-order chi connectivity index (χ1) is 14.9. The van der Waals surface area contributed by atoms with Gasteiger partial charge in [-0.2, -0.15) is 0 Å². The van der Waals surface area contributed by atoms with Crippen LogP contribution in [0.25, 0.3) is 0 Å². The van der Waals surface area contributed by atoms with E-state index in [-0.39, 0.29) is 30.5 Å². The van der Waals surface area contributed by atoms with Crippen molar-refractivity contribution in [1.29, 1.82) is 0 Å². The van der Waals surface area contributed by atoms with Crippen LogP contribution in [0.1, 0.15) is 55.8 Å². The van der Waals surface area contributed by atoms with Crippen LogP contribution in [0.3, 0.4) is 0 Å². The van der Waals surface area contributed by atoms with E-state index in [1.807, 2.05) is 0 Å². The quantitative estimate of drug-likeness (QED) is 0.621. The van der Waals surface area contributed by atoms with Crippen molar-refractivity contribution in [2.45, 2.75) is 51.5 Å². The monoisotopic (exact) mass is 428 g/mol. The summed E-state index contributed by atoms with van der Waals surface area (Å²) in [4.78, 5) is 36.6. The standard InChI is InChI=1S/C24H32N2O5/c1-15(24-10-16-7-17(11-24)9-18(8-16)12-24)26-21(27)14-31-22(28)13-25-23(29)19-5-3-4-6-20(19)30-2/h3-6,15-18H,7-14H2,1-2H3,(H,25,29)(H,26,27)/t15-,16?,17?,18?,24?/m1/s1. The number of hydrogen-bond acceptors (Lipinski definition) is 5. The van der Waals surface area contributed by atoms with Crippen molar-refractivity contribution < 1.29 is 23.9 Å². The van der Waals surface area contributed by atoms with E-state index >= 15 is 0 Å². The first-order valence-corrected chi connectivity index (χ1v) is 11.2. The molecule has 7 nitrogen and oxygen atoms in total. The predicted octanol–water partition coefficient (Wildman–Crippen LogP) is 2.69. The van der Waals surface area contributed by atoms with Crippen molar-refractivity contribution in [3.63, 3.8) is 0 Å². The van der Waals surface area contributed by atoms with Gasteiger partial charge in [-0.05, 0) is 80.8 Å². The van der Waals surface area contributed by atoms with Crippen LogP contribution in [0.5, 0.6) is 5.75 Å². The van der Waals surface area contributed by atoms with Crippen molar-refractivity contribution in [2.24, 2.45) is 23.2 Å². The lowest BCUT2D eigenvalue weighted by Crippen LogP contribution is -2.56. The number of rotatable bonds is 8. The Balaban J connectivity index is 1.21. The van der Waals surface area contributed by atoms with Gasteiger partial charge in [0.15, 0.2) is 6.61 Å². The minimum Gasteiger partial charge on any atom is -0.496 e. The van der Waals surface area contributed by atoms with Crippen molar-refractivity contribution in [1.82, 2.24) is 10.6 Å². The molecule has 0 radical (unpaired) electrons. The lowest BCUT2D eigenvalue weighted by atomic mass is 9.48. The number of carbonyl (C=O) groups is 3. The van der Waals surface area contributed by atoms with Crippen LogP contribution in [0.4, 0.5) is 0 Å². The fraction of sp³-hybridized carbons (Fsp3) is 0.625. The molecule has 4 aliphatic rings. The van der Waals surface area contributed by atoms with Gasteiger partial charge in [0.1, 0.15) is 12.3 Å². The number of methoxy groups -OCH3 is 1. The zero-order valence-electron chi connectivity index (χ0n) is 18.3. The lowest BCUT2D eigenvalue weighted by Gasteiger charge is -2.59. The topological polar surface area (TPSA) is 93.7 Å². The molecule has 0 unspecified atom stereocenters. The molecule has 1 aromatic carbocycles. The third kappa shape index (κ3) is 4.70. The minimum absolute atomic E-state index is 0.0809. The second kappa shape index (κ2) is 8.89. The van der Waals surface area contributed by atoms with Crippen molar-refractivity contribution >= 4 is 17.8 Å². The molecule has 7 heteroatoms. The number of carbonyl (C=O) groups excluding carboxylic acids is 3. The van der Waals surface area contributed by atoms with E-state index in [1.165, 1.54) is 45.6 Å². The van der Waals surface area contributed by atoms with Gasteiger partial charge in [0.25, 0.3) is 11.8 Å². The number of para-hydroxylation sites is 1. The van der Waals surface area contributed by atoms with Crippen LogP contribution in [-0.4, -0.2) is 44.1 Å². The molecule has 0 aliphatic heterocycles. The third-order valence-corrected chi connectivity index (χ3v) is 7.49. The molecular weight excluding hydrogens is 396 g/mol. The average Bonchev–Trinajstić information content (AvgIpc) is 2.75. The Morgan fingerprint density at radius 1 is 1.06 bits per heavy atom. The molecule has 4 bridgehead atoms. The Morgan fingerprint density at radius 3 is 2.29 bits per heavy atom. The molecule has 5 rings (SSSR count). The maximum absolute atomic E-state index is 12.4. The number of amides is 2. The van der Waals surface area contributed by atoms with E-state index in [0.29, 0.717) is 11.3 Å². The summed E-state index contributed by atoms with van der Waals surface area (Å²) in [5.41, 5.74) is 0.539. The molecule has 2 amide bonds. The molecule has 2 N–H and O–H groups in total. The van der Waals surface area contributed by atoms with Crippen LogP contribution < -0.4 is 15.4 Å². The first-order valence-electron chi connectivity index (χ1n) is 11.2. The van der Waals surface area contributed by atoms with E-state index in [0.717, 1.165) is 17.8 Å². The number of ether oxygens (including phenoxy) is 2. The SMILES string of the molecule is COc1ccccc1C(=O)NCC(=O)OCC(=O)N[C@H](C)C12CC3CC(CC(C3)C1)C2. The normalized spacial score (nSPS) is 29.2. The number of benzene rings is 1. The van der Waals surface area contributed by atoms with E-state index in [1.54, 1.807) is 24.3 Å². The van der Waals surface area contributed by atoms with Gasteiger partial charge in [-0.25, -0.2) is 0 Å².